The number of nitrogens with one attached hydrogen (secondary N) is 2. The number of aromatic amines is 1. The molecule has 3 aromatic rings. The smallest absolute Gasteiger partial charge is 0.253 e. The van der Waals surface area contributed by atoms with E-state index >= 15 is 0 Å². The molecular formula is C25H27ClN4O4S. The first-order valence-electron chi connectivity index (χ1n) is 11.6. The van der Waals surface area contributed by atoms with Crippen LogP contribution in [-0.4, -0.2) is 66.1 Å². The van der Waals surface area contributed by atoms with Crippen molar-refractivity contribution in [2.24, 2.45) is 0 Å². The van der Waals surface area contributed by atoms with Crippen molar-refractivity contribution in [3.63, 3.8) is 0 Å². The van der Waals surface area contributed by atoms with Crippen LogP contribution in [-0.2, 0) is 11.3 Å². The van der Waals surface area contributed by atoms with Crippen molar-refractivity contribution in [2.45, 2.75) is 13.0 Å². The predicted molar refractivity (Wildman–Crippen MR) is 141 cm³/mol. The Morgan fingerprint density at radius 1 is 1.14 bits per heavy atom. The summed E-state index contributed by atoms with van der Waals surface area (Å²) < 4.78 is 16.4. The van der Waals surface area contributed by atoms with Gasteiger partial charge in [0.1, 0.15) is 0 Å². The summed E-state index contributed by atoms with van der Waals surface area (Å²) in [7, 11) is 0. The fourth-order valence-electron chi connectivity index (χ4n) is 4.30. The SMILES string of the molecule is O=c1[nH]c2cc3c(cc2cc1CN(CCCN1CCOCC1)C(=S)Nc1cccc(Cl)c1)OCO3. The number of fused-ring (bicyclic) bond motifs is 2. The Kier molecular flexibility index (Phi) is 7.38. The molecule has 0 bridgehead atoms. The molecule has 0 spiro atoms. The van der Waals surface area contributed by atoms with Gasteiger partial charge in [-0.15, -0.1) is 0 Å². The number of thiocarbonyl (C=S) groups is 1. The molecule has 2 aromatic carbocycles. The van der Waals surface area contributed by atoms with Crippen LogP contribution in [0.15, 0.2) is 47.3 Å². The molecule has 184 valence electrons. The van der Waals surface area contributed by atoms with E-state index in [9.17, 15) is 4.79 Å². The molecule has 2 N–H and O–H groups in total. The van der Waals surface area contributed by atoms with Crippen LogP contribution in [0.4, 0.5) is 5.69 Å². The second kappa shape index (κ2) is 10.8. The second-order valence-electron chi connectivity index (χ2n) is 8.59. The summed E-state index contributed by atoms with van der Waals surface area (Å²) in [4.78, 5) is 20.4. The lowest BCUT2D eigenvalue weighted by Gasteiger charge is -2.29. The molecule has 35 heavy (non-hydrogen) atoms. The van der Waals surface area contributed by atoms with Gasteiger partial charge >= 0.3 is 0 Å². The molecule has 0 saturated carbocycles. The molecule has 0 radical (unpaired) electrons. The molecule has 1 fully saturated rings. The molecule has 0 amide bonds. The molecule has 2 aliphatic rings. The van der Waals surface area contributed by atoms with Crippen LogP contribution in [0.25, 0.3) is 10.9 Å². The lowest BCUT2D eigenvalue weighted by molar-refractivity contribution is 0.0367. The first kappa shape index (κ1) is 23.9. The molecule has 1 saturated heterocycles. The number of rotatable bonds is 7. The summed E-state index contributed by atoms with van der Waals surface area (Å²) in [6, 6.07) is 13.0. The van der Waals surface area contributed by atoms with Crippen molar-refractivity contribution in [2.75, 3.05) is 51.5 Å². The highest BCUT2D eigenvalue weighted by Gasteiger charge is 2.18. The number of hydrogen-bond acceptors (Lipinski definition) is 6. The van der Waals surface area contributed by atoms with Gasteiger partial charge in [0.25, 0.3) is 5.56 Å². The van der Waals surface area contributed by atoms with E-state index in [-0.39, 0.29) is 12.4 Å². The topological polar surface area (TPSA) is 79.1 Å². The minimum Gasteiger partial charge on any atom is -0.454 e. The van der Waals surface area contributed by atoms with Gasteiger partial charge in [0.05, 0.1) is 25.3 Å². The molecule has 0 aliphatic carbocycles. The van der Waals surface area contributed by atoms with Gasteiger partial charge in [0.2, 0.25) is 6.79 Å². The molecule has 0 unspecified atom stereocenters. The Morgan fingerprint density at radius 2 is 1.94 bits per heavy atom. The third-order valence-corrected chi connectivity index (χ3v) is 6.74. The van der Waals surface area contributed by atoms with Crippen LogP contribution in [0.5, 0.6) is 11.5 Å². The van der Waals surface area contributed by atoms with Gasteiger partial charge < -0.3 is 29.4 Å². The van der Waals surface area contributed by atoms with E-state index in [1.54, 1.807) is 6.07 Å². The maximum atomic E-state index is 13.0. The van der Waals surface area contributed by atoms with Crippen LogP contribution in [0.2, 0.25) is 5.02 Å². The first-order chi connectivity index (χ1) is 17.0. The van der Waals surface area contributed by atoms with Crippen molar-refractivity contribution >= 4 is 45.5 Å². The van der Waals surface area contributed by atoms with Crippen molar-refractivity contribution in [1.29, 1.82) is 0 Å². The van der Waals surface area contributed by atoms with Gasteiger partial charge in [-0.05, 0) is 49.0 Å². The van der Waals surface area contributed by atoms with Crippen LogP contribution in [0.1, 0.15) is 12.0 Å². The lowest BCUT2D eigenvalue weighted by Crippen LogP contribution is -2.40. The minimum absolute atomic E-state index is 0.153. The average Bonchev–Trinajstić information content (AvgIpc) is 3.30. The molecule has 2 aliphatic heterocycles. The average molecular weight is 515 g/mol. The van der Waals surface area contributed by atoms with Crippen molar-refractivity contribution in [3.05, 3.63) is 63.4 Å². The highest BCUT2D eigenvalue weighted by Crippen LogP contribution is 2.35. The second-order valence-corrected chi connectivity index (χ2v) is 9.41. The van der Waals surface area contributed by atoms with Crippen molar-refractivity contribution in [1.82, 2.24) is 14.8 Å². The Hall–Kier alpha value is -2.85. The van der Waals surface area contributed by atoms with Gasteiger partial charge in [0, 0.05) is 53.9 Å². The molecule has 1 aromatic heterocycles. The standard InChI is InChI=1S/C25H27ClN4O4S/c26-19-3-1-4-20(13-19)27-25(35)30(6-2-5-29-7-9-32-10-8-29)15-18-11-17-12-22-23(34-16-33-22)14-21(17)28-24(18)31/h1,3-4,11-14H,2,5-10,15-16H2,(H,27,35)(H,28,31). The van der Waals surface area contributed by atoms with Crippen LogP contribution >= 0.6 is 23.8 Å². The number of nitrogens with zero attached hydrogens (tertiary/aromatic N) is 2. The van der Waals surface area contributed by atoms with Gasteiger partial charge in [-0.3, -0.25) is 9.69 Å². The Balaban J connectivity index is 1.35. The molecule has 5 rings (SSSR count). The zero-order valence-electron chi connectivity index (χ0n) is 19.2. The van der Waals surface area contributed by atoms with Crippen LogP contribution in [0.3, 0.4) is 0 Å². The number of aromatic nitrogens is 1. The van der Waals surface area contributed by atoms with E-state index < -0.39 is 0 Å². The largest absolute Gasteiger partial charge is 0.454 e. The summed E-state index contributed by atoms with van der Waals surface area (Å²) in [5, 5.41) is 5.32. The van der Waals surface area contributed by atoms with Gasteiger partial charge in [-0.2, -0.15) is 0 Å². The summed E-state index contributed by atoms with van der Waals surface area (Å²) in [6.45, 7) is 5.60. The molecule has 8 nitrogen and oxygen atoms in total. The molecule has 10 heteroatoms. The van der Waals surface area contributed by atoms with E-state index in [1.165, 1.54) is 0 Å². The van der Waals surface area contributed by atoms with Crippen LogP contribution in [0, 0.1) is 0 Å². The van der Waals surface area contributed by atoms with E-state index in [0.29, 0.717) is 45.8 Å². The lowest BCUT2D eigenvalue weighted by atomic mass is 10.1. The number of pyridine rings is 1. The quantitative estimate of drug-likeness (QED) is 0.461. The predicted octanol–water partition coefficient (Wildman–Crippen LogP) is 3.83. The Labute approximate surface area is 213 Å². The number of anilines is 1. The van der Waals surface area contributed by atoms with E-state index in [4.69, 9.17) is 38.0 Å². The molecular weight excluding hydrogens is 488 g/mol. The van der Waals surface area contributed by atoms with Crippen LogP contribution < -0.4 is 20.3 Å². The van der Waals surface area contributed by atoms with Gasteiger partial charge in [0.15, 0.2) is 16.6 Å². The third-order valence-electron chi connectivity index (χ3n) is 6.14. The fraction of sp³-hybridized carbons (Fsp3) is 0.360. The summed E-state index contributed by atoms with van der Waals surface area (Å²) >= 11 is 11.9. The number of benzene rings is 2. The highest BCUT2D eigenvalue weighted by atomic mass is 35.5. The van der Waals surface area contributed by atoms with Gasteiger partial charge in [-0.1, -0.05) is 17.7 Å². The number of halogens is 1. The highest BCUT2D eigenvalue weighted by molar-refractivity contribution is 7.80. The maximum absolute atomic E-state index is 13.0. The Morgan fingerprint density at radius 3 is 2.74 bits per heavy atom. The Bertz CT molecular complexity index is 1280. The summed E-state index contributed by atoms with van der Waals surface area (Å²) in [5.74, 6) is 1.31. The monoisotopic (exact) mass is 514 g/mol. The van der Waals surface area contributed by atoms with Crippen molar-refractivity contribution in [3.8, 4) is 11.5 Å². The summed E-state index contributed by atoms with van der Waals surface area (Å²) in [6.07, 6.45) is 0.904. The molecule has 3 heterocycles. The first-order valence-corrected chi connectivity index (χ1v) is 12.4. The fourth-order valence-corrected chi connectivity index (χ4v) is 4.76. The zero-order chi connectivity index (χ0) is 24.2. The number of ether oxygens (including phenoxy) is 3. The van der Waals surface area contributed by atoms with E-state index in [0.717, 1.165) is 50.3 Å². The normalized spacial score (nSPS) is 15.3. The van der Waals surface area contributed by atoms with Gasteiger partial charge in [-0.25, -0.2) is 0 Å². The number of H-pyrrole nitrogens is 1. The zero-order valence-corrected chi connectivity index (χ0v) is 20.8. The minimum atomic E-state index is -0.153. The van der Waals surface area contributed by atoms with Crippen molar-refractivity contribution < 1.29 is 14.2 Å². The summed E-state index contributed by atoms with van der Waals surface area (Å²) in [5.41, 5.74) is 1.99. The third kappa shape index (κ3) is 5.87. The number of hydrogen-bond donors (Lipinski definition) is 2. The van der Waals surface area contributed by atoms with E-state index in [2.05, 4.69) is 15.2 Å². The maximum Gasteiger partial charge on any atom is 0.253 e. The van der Waals surface area contributed by atoms with E-state index in [1.807, 2.05) is 41.3 Å². The number of morpholine rings is 1. The molecule has 0 atom stereocenters.